The van der Waals surface area contributed by atoms with Crippen molar-refractivity contribution in [1.29, 1.82) is 0 Å². The molecule has 1 N–H and O–H groups in total. The summed E-state index contributed by atoms with van der Waals surface area (Å²) >= 11 is 1.49. The topological polar surface area (TPSA) is 36.8 Å². The van der Waals surface area contributed by atoms with Gasteiger partial charge in [0.2, 0.25) is 0 Å². The van der Waals surface area contributed by atoms with E-state index < -0.39 is 11.6 Å². The number of hydrogen-bond acceptors (Lipinski definition) is 3. The zero-order chi connectivity index (χ0) is 12.3. The van der Waals surface area contributed by atoms with Crippen LogP contribution in [-0.4, -0.2) is 23.2 Å². The van der Waals surface area contributed by atoms with Crippen molar-refractivity contribution in [2.75, 3.05) is 12.3 Å². The Morgan fingerprint density at radius 1 is 1.41 bits per heavy atom. The Labute approximate surface area is 102 Å². The normalized spacial score (nSPS) is 17.8. The molecule has 0 aromatic heterocycles. The molecule has 1 aromatic rings. The second kappa shape index (κ2) is 5.27. The summed E-state index contributed by atoms with van der Waals surface area (Å²) in [6.07, 6.45) is 0. The number of aliphatic imine (C=N–C) groups is 1. The third-order valence-electron chi connectivity index (χ3n) is 2.19. The minimum atomic E-state index is -0.858. The van der Waals surface area contributed by atoms with E-state index in [4.69, 9.17) is 0 Å². The van der Waals surface area contributed by atoms with Gasteiger partial charge in [-0.1, -0.05) is 11.8 Å². The number of hydrogen-bond donors (Lipinski definition) is 1. The van der Waals surface area contributed by atoms with Gasteiger partial charge in [-0.3, -0.25) is 10.4 Å². The summed E-state index contributed by atoms with van der Waals surface area (Å²) in [5.74, 6) is -1.11. The molecule has 17 heavy (non-hydrogen) atoms. The molecule has 2 rings (SSSR count). The van der Waals surface area contributed by atoms with Crippen LogP contribution in [0.25, 0.3) is 0 Å². The minimum Gasteiger partial charge on any atom is -0.262 e. The van der Waals surface area contributed by atoms with E-state index in [1.54, 1.807) is 0 Å². The molecule has 1 aromatic carbocycles. The van der Waals surface area contributed by atoms with E-state index in [0.29, 0.717) is 23.6 Å². The minimum absolute atomic E-state index is 0.583. The highest BCUT2D eigenvalue weighted by molar-refractivity contribution is 8.14. The van der Waals surface area contributed by atoms with E-state index in [2.05, 4.69) is 15.5 Å². The van der Waals surface area contributed by atoms with Crippen LogP contribution in [0.15, 0.2) is 28.3 Å². The summed E-state index contributed by atoms with van der Waals surface area (Å²) < 4.78 is 25.8. The van der Waals surface area contributed by atoms with Crippen molar-refractivity contribution in [3.63, 3.8) is 0 Å². The summed E-state index contributed by atoms with van der Waals surface area (Å²) in [5, 5.41) is 4.85. The highest BCUT2D eigenvalue weighted by atomic mass is 32.2. The van der Waals surface area contributed by atoms with Gasteiger partial charge >= 0.3 is 0 Å². The van der Waals surface area contributed by atoms with Crippen molar-refractivity contribution in [3.05, 3.63) is 35.4 Å². The Morgan fingerprint density at radius 2 is 2.24 bits per heavy atom. The predicted octanol–water partition coefficient (Wildman–Crippen LogP) is 2.38. The van der Waals surface area contributed by atoms with Crippen molar-refractivity contribution in [3.8, 4) is 0 Å². The fraction of sp³-hybridized carbons (Fsp3) is 0.273. The van der Waals surface area contributed by atoms with Crippen molar-refractivity contribution in [2.45, 2.75) is 6.92 Å². The molecule has 0 bridgehead atoms. The summed E-state index contributed by atoms with van der Waals surface area (Å²) in [4.78, 5) is 4.17. The average molecular weight is 255 g/mol. The molecule has 0 spiro atoms. The summed E-state index contributed by atoms with van der Waals surface area (Å²) in [6, 6.07) is 3.77. The lowest BCUT2D eigenvalue weighted by molar-refractivity contribution is 0.508. The Bertz CT molecular complexity index is 486. The van der Waals surface area contributed by atoms with Crippen LogP contribution >= 0.6 is 11.8 Å². The number of amidine groups is 1. The van der Waals surface area contributed by atoms with Crippen molar-refractivity contribution in [2.24, 2.45) is 10.1 Å². The first-order chi connectivity index (χ1) is 8.20. The SMILES string of the molecule is CCN=C1NN=C(c2ccc(F)c(F)c2)CS1. The lowest BCUT2D eigenvalue weighted by Gasteiger charge is -2.14. The van der Waals surface area contributed by atoms with Crippen LogP contribution < -0.4 is 5.43 Å². The zero-order valence-electron chi connectivity index (χ0n) is 9.20. The molecule has 0 radical (unpaired) electrons. The van der Waals surface area contributed by atoms with Crippen LogP contribution in [0.4, 0.5) is 8.78 Å². The van der Waals surface area contributed by atoms with Crippen molar-refractivity contribution >= 4 is 22.6 Å². The third-order valence-corrected chi connectivity index (χ3v) is 3.10. The van der Waals surface area contributed by atoms with Crippen LogP contribution in [-0.2, 0) is 0 Å². The first kappa shape index (κ1) is 12.0. The highest BCUT2D eigenvalue weighted by Gasteiger charge is 2.14. The molecule has 0 aliphatic carbocycles. The molecule has 1 aliphatic heterocycles. The maximum atomic E-state index is 13.1. The Balaban J connectivity index is 2.19. The summed E-state index contributed by atoms with van der Waals surface area (Å²) in [7, 11) is 0. The molecule has 0 saturated heterocycles. The smallest absolute Gasteiger partial charge is 0.177 e. The summed E-state index contributed by atoms with van der Waals surface area (Å²) in [5.41, 5.74) is 4.05. The summed E-state index contributed by atoms with van der Waals surface area (Å²) in [6.45, 7) is 2.62. The molecule has 0 amide bonds. The quantitative estimate of drug-likeness (QED) is 0.881. The van der Waals surface area contributed by atoms with Crippen LogP contribution in [0.1, 0.15) is 12.5 Å². The number of thioether (sulfide) groups is 1. The molecule has 1 aliphatic rings. The molecular formula is C11H11F2N3S. The Kier molecular flexibility index (Phi) is 3.73. The first-order valence-corrected chi connectivity index (χ1v) is 6.14. The Morgan fingerprint density at radius 3 is 2.82 bits per heavy atom. The van der Waals surface area contributed by atoms with E-state index >= 15 is 0 Å². The lowest BCUT2D eigenvalue weighted by atomic mass is 10.1. The second-order valence-electron chi connectivity index (χ2n) is 3.37. The number of hydrazone groups is 1. The van der Waals surface area contributed by atoms with E-state index in [1.807, 2.05) is 6.92 Å². The van der Waals surface area contributed by atoms with Gasteiger partial charge in [0.25, 0.3) is 0 Å². The molecule has 1 heterocycles. The van der Waals surface area contributed by atoms with Gasteiger partial charge < -0.3 is 0 Å². The van der Waals surface area contributed by atoms with Crippen molar-refractivity contribution in [1.82, 2.24) is 5.43 Å². The van der Waals surface area contributed by atoms with Gasteiger partial charge in [0.15, 0.2) is 16.8 Å². The maximum absolute atomic E-state index is 13.1. The van der Waals surface area contributed by atoms with Crippen LogP contribution in [0.2, 0.25) is 0 Å². The third kappa shape index (κ3) is 2.82. The van der Waals surface area contributed by atoms with Crippen LogP contribution in [0.3, 0.4) is 0 Å². The second-order valence-corrected chi connectivity index (χ2v) is 4.33. The molecular weight excluding hydrogens is 244 g/mol. The number of rotatable bonds is 2. The van der Waals surface area contributed by atoms with Crippen LogP contribution in [0.5, 0.6) is 0 Å². The van der Waals surface area contributed by atoms with Gasteiger partial charge in [0.05, 0.1) is 5.71 Å². The van der Waals surface area contributed by atoms with E-state index in [1.165, 1.54) is 17.8 Å². The molecule has 0 atom stereocenters. The van der Waals surface area contributed by atoms with Gasteiger partial charge in [-0.15, -0.1) is 0 Å². The van der Waals surface area contributed by atoms with Gasteiger partial charge in [0, 0.05) is 17.9 Å². The standard InChI is InChI=1S/C11H11F2N3S/c1-2-14-11-16-15-10(6-17-11)7-3-4-8(12)9(13)5-7/h3-5H,2,6H2,1H3,(H,14,16). The first-order valence-electron chi connectivity index (χ1n) is 5.16. The molecule has 90 valence electrons. The largest absolute Gasteiger partial charge is 0.262 e. The van der Waals surface area contributed by atoms with E-state index in [-0.39, 0.29) is 0 Å². The van der Waals surface area contributed by atoms with Gasteiger partial charge in [-0.2, -0.15) is 5.10 Å². The molecule has 3 nitrogen and oxygen atoms in total. The number of halogens is 2. The van der Waals surface area contributed by atoms with Gasteiger partial charge in [0.1, 0.15) is 0 Å². The van der Waals surface area contributed by atoms with Crippen molar-refractivity contribution < 1.29 is 8.78 Å². The fourth-order valence-corrected chi connectivity index (χ4v) is 2.20. The van der Waals surface area contributed by atoms with E-state index in [0.717, 1.165) is 17.3 Å². The lowest BCUT2D eigenvalue weighted by Crippen LogP contribution is -2.25. The van der Waals surface area contributed by atoms with E-state index in [9.17, 15) is 8.78 Å². The average Bonchev–Trinajstić information content (AvgIpc) is 2.34. The highest BCUT2D eigenvalue weighted by Crippen LogP contribution is 2.15. The monoisotopic (exact) mass is 255 g/mol. The maximum Gasteiger partial charge on any atom is 0.177 e. The molecule has 0 fully saturated rings. The number of nitrogens with zero attached hydrogens (tertiary/aromatic N) is 2. The number of benzene rings is 1. The molecule has 0 saturated carbocycles. The fourth-order valence-electron chi connectivity index (χ4n) is 1.36. The zero-order valence-corrected chi connectivity index (χ0v) is 10.0. The van der Waals surface area contributed by atoms with Crippen LogP contribution in [0, 0.1) is 11.6 Å². The predicted molar refractivity (Wildman–Crippen MR) is 66.5 cm³/mol. The number of nitrogens with one attached hydrogen (secondary N) is 1. The van der Waals surface area contributed by atoms with Gasteiger partial charge in [-0.05, 0) is 25.1 Å². The van der Waals surface area contributed by atoms with Gasteiger partial charge in [-0.25, -0.2) is 8.78 Å². The Hall–Kier alpha value is -1.43. The molecule has 0 unspecified atom stereocenters. The molecule has 6 heteroatoms.